The monoisotopic (exact) mass is 301 g/mol. The van der Waals surface area contributed by atoms with Crippen molar-refractivity contribution < 1.29 is 9.53 Å². The quantitative estimate of drug-likeness (QED) is 0.801. The third kappa shape index (κ3) is 2.38. The number of rotatable bonds is 1. The Balaban J connectivity index is 2.06. The highest BCUT2D eigenvalue weighted by molar-refractivity contribution is 6.30. The molecule has 2 aromatic carbocycles. The number of carbonyl (C=O) groups excluding carboxylic acids is 1. The van der Waals surface area contributed by atoms with Crippen LogP contribution in [0.1, 0.15) is 39.6 Å². The number of benzene rings is 2. The van der Waals surface area contributed by atoms with Gasteiger partial charge in [0.05, 0.1) is 12.0 Å². The molecule has 21 heavy (non-hydrogen) atoms. The van der Waals surface area contributed by atoms with E-state index in [2.05, 4.69) is 0 Å². The van der Waals surface area contributed by atoms with Crippen molar-refractivity contribution in [2.75, 3.05) is 5.73 Å². The molecule has 4 heteroatoms. The van der Waals surface area contributed by atoms with E-state index in [-0.39, 0.29) is 11.9 Å². The summed E-state index contributed by atoms with van der Waals surface area (Å²) < 4.78 is 6.07. The first-order valence-corrected chi connectivity index (χ1v) is 7.20. The highest BCUT2D eigenvalue weighted by Gasteiger charge is 2.30. The van der Waals surface area contributed by atoms with E-state index in [1.165, 1.54) is 0 Å². The predicted molar refractivity (Wildman–Crippen MR) is 84.1 cm³/mol. The third-order valence-corrected chi connectivity index (χ3v) is 4.27. The molecule has 0 bridgehead atoms. The summed E-state index contributed by atoms with van der Waals surface area (Å²) in [5.74, 6) is 0.693. The van der Waals surface area contributed by atoms with Crippen LogP contribution in [0.5, 0.6) is 5.75 Å². The second-order valence-electron chi connectivity index (χ2n) is 5.38. The fourth-order valence-corrected chi connectivity index (χ4v) is 2.83. The van der Waals surface area contributed by atoms with Crippen LogP contribution in [0.2, 0.25) is 5.02 Å². The number of Topliss-reactive ketones (excluding diaryl/α,β-unsaturated/α-hetero) is 1. The van der Waals surface area contributed by atoms with Crippen molar-refractivity contribution in [2.45, 2.75) is 26.4 Å². The number of ether oxygens (including phenoxy) is 1. The van der Waals surface area contributed by atoms with E-state index in [4.69, 9.17) is 22.1 Å². The number of nitrogens with two attached hydrogens (primary N) is 1. The number of ketones is 1. The second-order valence-corrected chi connectivity index (χ2v) is 5.82. The molecule has 108 valence electrons. The fraction of sp³-hybridized carbons (Fsp3) is 0.235. The molecule has 0 spiro atoms. The van der Waals surface area contributed by atoms with E-state index in [0.29, 0.717) is 28.4 Å². The van der Waals surface area contributed by atoms with E-state index in [0.717, 1.165) is 16.7 Å². The molecule has 0 saturated heterocycles. The molecule has 2 aromatic rings. The van der Waals surface area contributed by atoms with Crippen LogP contribution in [0.15, 0.2) is 30.3 Å². The molecule has 0 saturated carbocycles. The van der Waals surface area contributed by atoms with Gasteiger partial charge in [-0.1, -0.05) is 23.7 Å². The average molecular weight is 302 g/mol. The van der Waals surface area contributed by atoms with Crippen molar-refractivity contribution in [3.63, 3.8) is 0 Å². The molecule has 1 aliphatic heterocycles. The summed E-state index contributed by atoms with van der Waals surface area (Å²) in [6, 6.07) is 9.15. The molecule has 0 fully saturated rings. The second kappa shape index (κ2) is 5.08. The normalized spacial score (nSPS) is 17.3. The van der Waals surface area contributed by atoms with Crippen molar-refractivity contribution in [3.05, 3.63) is 57.6 Å². The fourth-order valence-electron chi connectivity index (χ4n) is 2.63. The number of carbonyl (C=O) groups is 1. The topological polar surface area (TPSA) is 52.3 Å². The molecule has 1 unspecified atom stereocenters. The Morgan fingerprint density at radius 1 is 1.24 bits per heavy atom. The number of hydrogen-bond acceptors (Lipinski definition) is 3. The molecular formula is C17H16ClNO2. The molecule has 3 rings (SSSR count). The lowest BCUT2D eigenvalue weighted by molar-refractivity contribution is 0.0848. The first-order valence-electron chi connectivity index (χ1n) is 6.82. The number of halogens is 1. The zero-order valence-corrected chi connectivity index (χ0v) is 12.7. The standard InChI is InChI=1S/C17H16ClNO2/c1-9-10(2)17-13(7-14(9)19)15(20)8-16(21-17)11-4-3-5-12(18)6-11/h3-7,16H,8,19H2,1-2H3. The SMILES string of the molecule is Cc1c(N)cc2c(c1C)OC(c1cccc(Cl)c1)CC2=O. The molecular weight excluding hydrogens is 286 g/mol. The Hall–Kier alpha value is -2.00. The maximum absolute atomic E-state index is 12.4. The average Bonchev–Trinajstić information content (AvgIpc) is 2.46. The van der Waals surface area contributed by atoms with Gasteiger partial charge in [0.2, 0.25) is 0 Å². The van der Waals surface area contributed by atoms with Crippen LogP contribution in [0.4, 0.5) is 5.69 Å². The molecule has 0 amide bonds. The largest absolute Gasteiger partial charge is 0.484 e. The highest BCUT2D eigenvalue weighted by Crippen LogP contribution is 2.40. The van der Waals surface area contributed by atoms with Gasteiger partial charge in [-0.2, -0.15) is 0 Å². The molecule has 3 nitrogen and oxygen atoms in total. The van der Waals surface area contributed by atoms with Gasteiger partial charge in [0.1, 0.15) is 11.9 Å². The third-order valence-electron chi connectivity index (χ3n) is 4.03. The van der Waals surface area contributed by atoms with Crippen LogP contribution in [0.25, 0.3) is 0 Å². The molecule has 0 radical (unpaired) electrons. The minimum Gasteiger partial charge on any atom is -0.484 e. The van der Waals surface area contributed by atoms with Crippen molar-refractivity contribution in [1.29, 1.82) is 0 Å². The maximum Gasteiger partial charge on any atom is 0.170 e. The van der Waals surface area contributed by atoms with Gasteiger partial charge in [0.25, 0.3) is 0 Å². The van der Waals surface area contributed by atoms with E-state index in [9.17, 15) is 4.79 Å². The Labute approximate surface area is 128 Å². The van der Waals surface area contributed by atoms with E-state index in [1.54, 1.807) is 12.1 Å². The molecule has 1 heterocycles. The Morgan fingerprint density at radius 2 is 2.00 bits per heavy atom. The van der Waals surface area contributed by atoms with E-state index in [1.807, 2.05) is 32.0 Å². The van der Waals surface area contributed by atoms with Crippen LogP contribution in [-0.2, 0) is 0 Å². The van der Waals surface area contributed by atoms with Crippen molar-refractivity contribution in [2.24, 2.45) is 0 Å². The summed E-state index contributed by atoms with van der Waals surface area (Å²) >= 11 is 6.02. The van der Waals surface area contributed by atoms with Gasteiger partial charge in [-0.05, 0) is 48.7 Å². The summed E-state index contributed by atoms with van der Waals surface area (Å²) in [6.45, 7) is 3.86. The minimum atomic E-state index is -0.301. The van der Waals surface area contributed by atoms with Crippen LogP contribution in [0, 0.1) is 13.8 Å². The van der Waals surface area contributed by atoms with Crippen LogP contribution < -0.4 is 10.5 Å². The van der Waals surface area contributed by atoms with Gasteiger partial charge >= 0.3 is 0 Å². The van der Waals surface area contributed by atoms with E-state index < -0.39 is 0 Å². The number of anilines is 1. The molecule has 0 aliphatic carbocycles. The highest BCUT2D eigenvalue weighted by atomic mass is 35.5. The first-order chi connectivity index (χ1) is 9.97. The summed E-state index contributed by atoms with van der Waals surface area (Å²) in [5, 5.41) is 0.638. The van der Waals surface area contributed by atoms with Crippen LogP contribution in [0.3, 0.4) is 0 Å². The number of nitrogen functional groups attached to an aromatic ring is 1. The Kier molecular flexibility index (Phi) is 3.38. The van der Waals surface area contributed by atoms with Gasteiger partial charge in [-0.15, -0.1) is 0 Å². The number of fused-ring (bicyclic) bond motifs is 1. The molecule has 1 atom stereocenters. The van der Waals surface area contributed by atoms with E-state index >= 15 is 0 Å². The maximum atomic E-state index is 12.4. The molecule has 1 aliphatic rings. The minimum absolute atomic E-state index is 0.0519. The van der Waals surface area contributed by atoms with Crippen LogP contribution in [-0.4, -0.2) is 5.78 Å². The first kappa shape index (κ1) is 14.0. The zero-order valence-electron chi connectivity index (χ0n) is 11.9. The van der Waals surface area contributed by atoms with Crippen molar-refractivity contribution in [3.8, 4) is 5.75 Å². The zero-order chi connectivity index (χ0) is 15.1. The smallest absolute Gasteiger partial charge is 0.170 e. The van der Waals surface area contributed by atoms with Crippen molar-refractivity contribution >= 4 is 23.1 Å². The Morgan fingerprint density at radius 3 is 2.71 bits per heavy atom. The lowest BCUT2D eigenvalue weighted by Crippen LogP contribution is -2.22. The van der Waals surface area contributed by atoms with Crippen LogP contribution >= 0.6 is 11.6 Å². The van der Waals surface area contributed by atoms with Gasteiger partial charge in [0.15, 0.2) is 5.78 Å². The van der Waals surface area contributed by atoms with Gasteiger partial charge < -0.3 is 10.5 Å². The molecule has 2 N–H and O–H groups in total. The summed E-state index contributed by atoms with van der Waals surface area (Å²) in [7, 11) is 0. The lowest BCUT2D eigenvalue weighted by atomic mass is 9.92. The van der Waals surface area contributed by atoms with Gasteiger partial charge in [-0.25, -0.2) is 0 Å². The van der Waals surface area contributed by atoms with Crippen molar-refractivity contribution in [1.82, 2.24) is 0 Å². The lowest BCUT2D eigenvalue weighted by Gasteiger charge is -2.28. The number of hydrogen-bond donors (Lipinski definition) is 1. The Bertz CT molecular complexity index is 740. The molecule has 0 aromatic heterocycles. The summed E-state index contributed by atoms with van der Waals surface area (Å²) in [5.41, 5.74) is 9.94. The predicted octanol–water partition coefficient (Wildman–Crippen LogP) is 4.25. The van der Waals surface area contributed by atoms with Gasteiger partial charge in [-0.3, -0.25) is 4.79 Å². The summed E-state index contributed by atoms with van der Waals surface area (Å²) in [4.78, 5) is 12.4. The summed E-state index contributed by atoms with van der Waals surface area (Å²) in [6.07, 6.45) is 0.000343. The van der Waals surface area contributed by atoms with Gasteiger partial charge in [0, 0.05) is 10.7 Å².